The summed E-state index contributed by atoms with van der Waals surface area (Å²) in [4.78, 5) is 22.8. The number of benzene rings is 1. The van der Waals surface area contributed by atoms with E-state index in [0.29, 0.717) is 5.75 Å². The first-order valence-electron chi connectivity index (χ1n) is 7.24. The number of ether oxygens (including phenoxy) is 1. The molecule has 0 fully saturated rings. The summed E-state index contributed by atoms with van der Waals surface area (Å²) in [5.41, 5.74) is 0. The molecule has 128 valence electrons. The molecule has 1 aromatic carbocycles. The quantitative estimate of drug-likeness (QED) is 0.652. The highest BCUT2D eigenvalue weighted by Crippen LogP contribution is 2.08. The predicted octanol–water partition coefficient (Wildman–Crippen LogP) is 0.850. The monoisotopic (exact) mass is 343 g/mol. The van der Waals surface area contributed by atoms with E-state index in [1.165, 1.54) is 6.92 Å². The van der Waals surface area contributed by atoms with E-state index >= 15 is 0 Å². The zero-order valence-corrected chi connectivity index (χ0v) is 13.7. The first kappa shape index (κ1) is 19.0. The van der Waals surface area contributed by atoms with Crippen molar-refractivity contribution < 1.29 is 27.9 Å². The van der Waals surface area contributed by atoms with Gasteiger partial charge in [0.1, 0.15) is 21.6 Å². The molecule has 1 rings (SSSR count). The average molecular weight is 343 g/mol. The highest BCUT2D eigenvalue weighted by Gasteiger charge is 2.22. The highest BCUT2D eigenvalue weighted by atomic mass is 32.2. The van der Waals surface area contributed by atoms with Crippen LogP contribution in [-0.2, 0) is 19.4 Å². The number of rotatable bonds is 10. The van der Waals surface area contributed by atoms with Crippen molar-refractivity contribution >= 4 is 21.7 Å². The van der Waals surface area contributed by atoms with E-state index in [2.05, 4.69) is 5.32 Å². The molecular weight excluding hydrogens is 322 g/mol. The van der Waals surface area contributed by atoms with Gasteiger partial charge in [0.15, 0.2) is 0 Å². The number of carbonyl (C=O) groups is 2. The van der Waals surface area contributed by atoms with Crippen LogP contribution in [0.1, 0.15) is 19.8 Å². The van der Waals surface area contributed by atoms with Crippen LogP contribution in [0.5, 0.6) is 5.75 Å². The number of nitrogens with one attached hydrogen (secondary N) is 1. The van der Waals surface area contributed by atoms with Crippen molar-refractivity contribution in [1.82, 2.24) is 5.32 Å². The molecule has 23 heavy (non-hydrogen) atoms. The van der Waals surface area contributed by atoms with E-state index in [1.54, 1.807) is 24.3 Å². The third kappa shape index (κ3) is 7.64. The zero-order chi connectivity index (χ0) is 17.3. The molecule has 0 heterocycles. The lowest BCUT2D eigenvalue weighted by atomic mass is 10.2. The first-order valence-corrected chi connectivity index (χ1v) is 9.06. The van der Waals surface area contributed by atoms with Crippen LogP contribution >= 0.6 is 0 Å². The summed E-state index contributed by atoms with van der Waals surface area (Å²) in [5, 5.41) is 11.4. The maximum absolute atomic E-state index is 11.7. The van der Waals surface area contributed by atoms with Gasteiger partial charge in [0.2, 0.25) is 5.91 Å². The minimum Gasteiger partial charge on any atom is -0.493 e. The highest BCUT2D eigenvalue weighted by molar-refractivity contribution is 7.91. The molecule has 1 aromatic rings. The van der Waals surface area contributed by atoms with E-state index in [1.807, 2.05) is 6.07 Å². The third-order valence-corrected chi connectivity index (χ3v) is 4.87. The van der Waals surface area contributed by atoms with Gasteiger partial charge in [-0.1, -0.05) is 25.1 Å². The Balaban J connectivity index is 2.40. The van der Waals surface area contributed by atoms with Gasteiger partial charge in [-0.2, -0.15) is 0 Å². The Hall–Kier alpha value is -2.09. The Kier molecular flexibility index (Phi) is 7.53. The standard InChI is InChI=1S/C15H21NO6S/c1-2-23(20,21)11-9-13(15(18)19)16-14(17)8-10-22-12-6-4-3-5-7-12/h3-7,13H,2,8-11H2,1H3,(H,16,17)(H,18,19). The van der Waals surface area contributed by atoms with E-state index < -0.39 is 27.8 Å². The summed E-state index contributed by atoms with van der Waals surface area (Å²) in [6.45, 7) is 1.60. The van der Waals surface area contributed by atoms with Crippen LogP contribution in [0.3, 0.4) is 0 Å². The van der Waals surface area contributed by atoms with Crippen molar-refractivity contribution in [2.75, 3.05) is 18.1 Å². The van der Waals surface area contributed by atoms with E-state index in [0.717, 1.165) is 0 Å². The van der Waals surface area contributed by atoms with Crippen molar-refractivity contribution in [2.45, 2.75) is 25.8 Å². The van der Waals surface area contributed by atoms with Gasteiger partial charge in [-0.15, -0.1) is 0 Å². The van der Waals surface area contributed by atoms with Gasteiger partial charge in [0.25, 0.3) is 0 Å². The summed E-state index contributed by atoms with van der Waals surface area (Å²) < 4.78 is 28.2. The summed E-state index contributed by atoms with van der Waals surface area (Å²) in [6.07, 6.45) is -0.171. The summed E-state index contributed by atoms with van der Waals surface area (Å²) in [5.74, 6) is -1.47. The van der Waals surface area contributed by atoms with Gasteiger partial charge in [0.05, 0.1) is 18.8 Å². The second-order valence-corrected chi connectivity index (χ2v) is 7.37. The maximum Gasteiger partial charge on any atom is 0.326 e. The fourth-order valence-electron chi connectivity index (χ4n) is 1.74. The molecule has 7 nitrogen and oxygen atoms in total. The lowest BCUT2D eigenvalue weighted by Crippen LogP contribution is -2.42. The summed E-state index contributed by atoms with van der Waals surface area (Å²) in [7, 11) is -3.28. The molecule has 1 unspecified atom stereocenters. The lowest BCUT2D eigenvalue weighted by molar-refractivity contribution is -0.141. The van der Waals surface area contributed by atoms with Gasteiger partial charge in [-0.3, -0.25) is 4.79 Å². The van der Waals surface area contributed by atoms with E-state index in [-0.39, 0.29) is 31.0 Å². The Morgan fingerprint density at radius 1 is 1.26 bits per heavy atom. The molecule has 0 saturated heterocycles. The third-order valence-electron chi connectivity index (χ3n) is 3.13. The maximum atomic E-state index is 11.7. The number of hydrogen-bond donors (Lipinski definition) is 2. The molecule has 0 aromatic heterocycles. The minimum absolute atomic E-state index is 0.0147. The Morgan fingerprint density at radius 2 is 1.91 bits per heavy atom. The molecule has 0 aliphatic rings. The van der Waals surface area contributed by atoms with Gasteiger partial charge in [0, 0.05) is 5.75 Å². The molecule has 1 atom stereocenters. The molecule has 0 aliphatic carbocycles. The van der Waals surface area contributed by atoms with Crippen molar-refractivity contribution in [3.8, 4) is 5.75 Å². The Bertz CT molecular complexity index is 614. The average Bonchev–Trinajstić information content (AvgIpc) is 2.52. The zero-order valence-electron chi connectivity index (χ0n) is 12.9. The Labute approximate surface area is 135 Å². The Morgan fingerprint density at radius 3 is 2.48 bits per heavy atom. The number of sulfone groups is 1. The number of carbonyl (C=O) groups excluding carboxylic acids is 1. The van der Waals surface area contributed by atoms with Gasteiger partial charge < -0.3 is 15.2 Å². The van der Waals surface area contributed by atoms with Crippen LogP contribution in [0.25, 0.3) is 0 Å². The lowest BCUT2D eigenvalue weighted by Gasteiger charge is -2.14. The second kappa shape index (κ2) is 9.14. The van der Waals surface area contributed by atoms with E-state index in [4.69, 9.17) is 9.84 Å². The largest absolute Gasteiger partial charge is 0.493 e. The van der Waals surface area contributed by atoms with Crippen molar-refractivity contribution in [1.29, 1.82) is 0 Å². The van der Waals surface area contributed by atoms with E-state index in [9.17, 15) is 18.0 Å². The van der Waals surface area contributed by atoms with Crippen LogP contribution in [0.4, 0.5) is 0 Å². The molecule has 0 radical (unpaired) electrons. The summed E-state index contributed by atoms with van der Waals surface area (Å²) in [6, 6.07) is 7.69. The van der Waals surface area contributed by atoms with Crippen LogP contribution in [-0.4, -0.2) is 49.6 Å². The van der Waals surface area contributed by atoms with Crippen LogP contribution in [0, 0.1) is 0 Å². The normalized spacial score (nSPS) is 12.4. The molecule has 0 aliphatic heterocycles. The smallest absolute Gasteiger partial charge is 0.326 e. The number of carboxylic acid groups (broad SMARTS) is 1. The van der Waals surface area contributed by atoms with Gasteiger partial charge in [-0.25, -0.2) is 13.2 Å². The number of carboxylic acids is 1. The van der Waals surface area contributed by atoms with Crippen LogP contribution < -0.4 is 10.1 Å². The molecule has 0 bridgehead atoms. The second-order valence-electron chi connectivity index (χ2n) is 4.89. The molecule has 1 amide bonds. The summed E-state index contributed by atoms with van der Waals surface area (Å²) >= 11 is 0. The molecule has 0 spiro atoms. The predicted molar refractivity (Wildman–Crippen MR) is 85.1 cm³/mol. The minimum atomic E-state index is -3.28. The van der Waals surface area contributed by atoms with Crippen molar-refractivity contribution in [3.63, 3.8) is 0 Å². The first-order chi connectivity index (χ1) is 10.8. The number of para-hydroxylation sites is 1. The molecular formula is C15H21NO6S. The molecule has 0 saturated carbocycles. The van der Waals surface area contributed by atoms with Crippen LogP contribution in [0.2, 0.25) is 0 Å². The fraction of sp³-hybridized carbons (Fsp3) is 0.467. The topological polar surface area (TPSA) is 110 Å². The van der Waals surface area contributed by atoms with Gasteiger partial charge in [-0.05, 0) is 18.6 Å². The number of hydrogen-bond acceptors (Lipinski definition) is 5. The number of amides is 1. The van der Waals surface area contributed by atoms with Gasteiger partial charge >= 0.3 is 5.97 Å². The molecule has 8 heteroatoms. The fourth-order valence-corrected chi connectivity index (χ4v) is 2.63. The van der Waals surface area contributed by atoms with Crippen LogP contribution in [0.15, 0.2) is 30.3 Å². The van der Waals surface area contributed by atoms with Crippen molar-refractivity contribution in [2.24, 2.45) is 0 Å². The van der Waals surface area contributed by atoms with Crippen molar-refractivity contribution in [3.05, 3.63) is 30.3 Å². The number of aliphatic carboxylic acids is 1. The SMILES string of the molecule is CCS(=O)(=O)CCC(NC(=O)CCOc1ccccc1)C(=O)O. The molecule has 2 N–H and O–H groups in total.